The molecule has 126 valence electrons. The lowest BCUT2D eigenvalue weighted by Crippen LogP contribution is -2.25. The number of hydrogen-bond donors (Lipinski definition) is 0. The summed E-state index contributed by atoms with van der Waals surface area (Å²) in [5.74, 6) is 0.586. The number of fused-ring (bicyclic) bond motifs is 8. The standard InChI is InChI=1S/C25H19F/c26-17-13-22-20-11-9-15-5-1-3-7-18(15)24(20)25-19-8-4-2-6-16(19)10-12-21(25)23(22)14-17/h1-12,17,24-25H,13-14H2. The topological polar surface area (TPSA) is 0 Å². The summed E-state index contributed by atoms with van der Waals surface area (Å²) in [5.41, 5.74) is 10.6. The number of allylic oxidation sites excluding steroid dienone is 6. The first-order valence-electron chi connectivity index (χ1n) is 9.46. The molecular formula is C25H19F. The number of hydrogen-bond acceptors (Lipinski definition) is 0. The van der Waals surface area contributed by atoms with Crippen LogP contribution in [-0.2, 0) is 0 Å². The average Bonchev–Trinajstić information content (AvgIpc) is 3.08. The van der Waals surface area contributed by atoms with Crippen LogP contribution in [-0.4, -0.2) is 6.17 Å². The van der Waals surface area contributed by atoms with Crippen molar-refractivity contribution in [1.29, 1.82) is 0 Å². The Morgan fingerprint density at radius 1 is 0.615 bits per heavy atom. The van der Waals surface area contributed by atoms with Crippen molar-refractivity contribution in [3.8, 4) is 0 Å². The molecule has 2 atom stereocenters. The Morgan fingerprint density at radius 3 is 1.58 bits per heavy atom. The molecule has 4 aliphatic carbocycles. The van der Waals surface area contributed by atoms with Crippen LogP contribution in [0.15, 0.2) is 83.0 Å². The smallest absolute Gasteiger partial charge is 0.108 e. The summed E-state index contributed by atoms with van der Waals surface area (Å²) in [6, 6.07) is 17.4. The highest BCUT2D eigenvalue weighted by Crippen LogP contribution is 2.58. The van der Waals surface area contributed by atoms with E-state index < -0.39 is 6.17 Å². The third-order valence-electron chi connectivity index (χ3n) is 6.46. The molecule has 0 heterocycles. The zero-order valence-electron chi connectivity index (χ0n) is 14.5. The van der Waals surface area contributed by atoms with E-state index in [0.717, 1.165) is 0 Å². The van der Waals surface area contributed by atoms with Gasteiger partial charge in [0.2, 0.25) is 0 Å². The van der Waals surface area contributed by atoms with Crippen molar-refractivity contribution in [2.45, 2.75) is 30.8 Å². The summed E-state index contributed by atoms with van der Waals surface area (Å²) in [7, 11) is 0. The first kappa shape index (κ1) is 14.5. The molecule has 2 aromatic rings. The van der Waals surface area contributed by atoms with Crippen molar-refractivity contribution in [2.24, 2.45) is 0 Å². The Morgan fingerprint density at radius 2 is 1.08 bits per heavy atom. The van der Waals surface area contributed by atoms with Gasteiger partial charge in [-0.3, -0.25) is 0 Å². The third-order valence-corrected chi connectivity index (χ3v) is 6.46. The molecule has 1 fully saturated rings. The lowest BCUT2D eigenvalue weighted by molar-refractivity contribution is 0.354. The second-order valence-electron chi connectivity index (χ2n) is 7.75. The maximum atomic E-state index is 14.4. The minimum absolute atomic E-state index is 0.293. The van der Waals surface area contributed by atoms with E-state index >= 15 is 0 Å². The molecule has 0 bridgehead atoms. The molecule has 1 saturated carbocycles. The van der Waals surface area contributed by atoms with Crippen molar-refractivity contribution in [3.05, 3.63) is 105 Å². The summed E-state index contributed by atoms with van der Waals surface area (Å²) in [4.78, 5) is 0. The fourth-order valence-electron chi connectivity index (χ4n) is 5.43. The Kier molecular flexibility index (Phi) is 2.88. The monoisotopic (exact) mass is 338 g/mol. The molecule has 0 radical (unpaired) electrons. The van der Waals surface area contributed by atoms with Gasteiger partial charge in [0, 0.05) is 24.7 Å². The van der Waals surface area contributed by atoms with Gasteiger partial charge >= 0.3 is 0 Å². The number of halogens is 1. The Hall–Kier alpha value is -2.67. The van der Waals surface area contributed by atoms with Gasteiger partial charge in [0.1, 0.15) is 6.17 Å². The van der Waals surface area contributed by atoms with Crippen LogP contribution in [0.3, 0.4) is 0 Å². The summed E-state index contributed by atoms with van der Waals surface area (Å²) >= 11 is 0. The van der Waals surface area contributed by atoms with Crippen molar-refractivity contribution in [1.82, 2.24) is 0 Å². The molecule has 1 heteroatoms. The zero-order chi connectivity index (χ0) is 17.3. The molecule has 0 spiro atoms. The highest BCUT2D eigenvalue weighted by atomic mass is 19.1. The summed E-state index contributed by atoms with van der Waals surface area (Å²) in [6.45, 7) is 0. The van der Waals surface area contributed by atoms with E-state index in [2.05, 4.69) is 72.8 Å². The van der Waals surface area contributed by atoms with Crippen LogP contribution in [0.1, 0.15) is 46.9 Å². The summed E-state index contributed by atoms with van der Waals surface area (Å²) in [6.07, 6.45) is 9.35. The first-order chi connectivity index (χ1) is 12.8. The molecule has 0 aliphatic heterocycles. The van der Waals surface area contributed by atoms with Gasteiger partial charge in [-0.2, -0.15) is 0 Å². The molecule has 0 nitrogen and oxygen atoms in total. The second kappa shape index (κ2) is 5.17. The van der Waals surface area contributed by atoms with Gasteiger partial charge < -0.3 is 0 Å². The molecule has 6 rings (SSSR count). The van der Waals surface area contributed by atoms with E-state index in [1.807, 2.05) is 0 Å². The lowest BCUT2D eigenvalue weighted by Gasteiger charge is -2.40. The fourth-order valence-corrected chi connectivity index (χ4v) is 5.43. The first-order valence-corrected chi connectivity index (χ1v) is 9.46. The van der Waals surface area contributed by atoms with E-state index in [-0.39, 0.29) is 0 Å². The van der Waals surface area contributed by atoms with Crippen LogP contribution in [0.25, 0.3) is 12.2 Å². The largest absolute Gasteiger partial charge is 0.247 e. The predicted molar refractivity (Wildman–Crippen MR) is 105 cm³/mol. The van der Waals surface area contributed by atoms with Crippen LogP contribution >= 0.6 is 0 Å². The predicted octanol–water partition coefficient (Wildman–Crippen LogP) is 6.35. The Labute approximate surface area is 153 Å². The van der Waals surface area contributed by atoms with Gasteiger partial charge in [-0.15, -0.1) is 0 Å². The number of rotatable bonds is 0. The number of benzene rings is 2. The third kappa shape index (κ3) is 1.83. The quantitative estimate of drug-likeness (QED) is 0.525. The molecule has 4 aliphatic rings. The van der Waals surface area contributed by atoms with Crippen LogP contribution in [0.5, 0.6) is 0 Å². The molecule has 2 aromatic carbocycles. The molecule has 0 aromatic heterocycles. The molecule has 0 N–H and O–H groups in total. The molecular weight excluding hydrogens is 319 g/mol. The van der Waals surface area contributed by atoms with Crippen molar-refractivity contribution in [3.63, 3.8) is 0 Å². The van der Waals surface area contributed by atoms with Crippen LogP contribution in [0, 0.1) is 0 Å². The maximum Gasteiger partial charge on any atom is 0.108 e. The van der Waals surface area contributed by atoms with Gasteiger partial charge in [0.05, 0.1) is 0 Å². The minimum Gasteiger partial charge on any atom is -0.247 e. The van der Waals surface area contributed by atoms with Gasteiger partial charge in [-0.05, 0) is 44.5 Å². The van der Waals surface area contributed by atoms with Crippen LogP contribution in [0.4, 0.5) is 4.39 Å². The van der Waals surface area contributed by atoms with E-state index in [4.69, 9.17) is 0 Å². The minimum atomic E-state index is -0.740. The summed E-state index contributed by atoms with van der Waals surface area (Å²) in [5, 5.41) is 0. The second-order valence-corrected chi connectivity index (χ2v) is 7.75. The van der Waals surface area contributed by atoms with Gasteiger partial charge in [-0.1, -0.05) is 72.8 Å². The van der Waals surface area contributed by atoms with Crippen molar-refractivity contribution in [2.75, 3.05) is 0 Å². The maximum absolute atomic E-state index is 14.4. The van der Waals surface area contributed by atoms with E-state index in [1.165, 1.54) is 44.5 Å². The van der Waals surface area contributed by atoms with E-state index in [9.17, 15) is 4.39 Å². The van der Waals surface area contributed by atoms with Crippen LogP contribution < -0.4 is 0 Å². The molecule has 0 saturated heterocycles. The highest BCUT2D eigenvalue weighted by Gasteiger charge is 2.43. The normalized spacial score (nSPS) is 27.7. The van der Waals surface area contributed by atoms with Crippen molar-refractivity contribution < 1.29 is 4.39 Å². The Bertz CT molecular complexity index is 978. The Balaban J connectivity index is 1.68. The van der Waals surface area contributed by atoms with E-state index in [1.54, 1.807) is 0 Å². The van der Waals surface area contributed by atoms with Crippen LogP contribution in [0.2, 0.25) is 0 Å². The van der Waals surface area contributed by atoms with Crippen molar-refractivity contribution >= 4 is 12.2 Å². The van der Waals surface area contributed by atoms with Gasteiger partial charge in [0.25, 0.3) is 0 Å². The molecule has 2 unspecified atom stereocenters. The number of alkyl halides is 1. The van der Waals surface area contributed by atoms with Gasteiger partial charge in [0.15, 0.2) is 0 Å². The lowest BCUT2D eigenvalue weighted by atomic mass is 9.62. The summed E-state index contributed by atoms with van der Waals surface area (Å²) < 4.78 is 14.4. The van der Waals surface area contributed by atoms with Gasteiger partial charge in [-0.25, -0.2) is 4.39 Å². The van der Waals surface area contributed by atoms with E-state index in [0.29, 0.717) is 24.7 Å². The average molecular weight is 338 g/mol. The SMILES string of the molecule is FC1CC2=C3C=Cc4ccccc4C3C3C(=C2C1)C=Cc1ccccc13. The molecule has 26 heavy (non-hydrogen) atoms. The fraction of sp³-hybridized carbons (Fsp3) is 0.200. The zero-order valence-corrected chi connectivity index (χ0v) is 14.5. The molecule has 0 amide bonds. The highest BCUT2D eigenvalue weighted by molar-refractivity contribution is 5.75.